The second-order valence-electron chi connectivity index (χ2n) is 15.9. The third kappa shape index (κ3) is 9.58. The Morgan fingerprint density at radius 1 is 0.731 bits per heavy atom. The van der Waals surface area contributed by atoms with E-state index in [4.69, 9.17) is 0 Å². The normalized spacial score (nSPS) is 17.6. The van der Waals surface area contributed by atoms with E-state index in [1.807, 2.05) is 6.08 Å². The Labute approximate surface area is 341 Å². The van der Waals surface area contributed by atoms with Crippen molar-refractivity contribution in [2.24, 2.45) is 5.92 Å². The van der Waals surface area contributed by atoms with Gasteiger partial charge in [0.25, 0.3) is 0 Å². The van der Waals surface area contributed by atoms with Crippen molar-refractivity contribution in [1.82, 2.24) is 0 Å². The molecule has 1 unspecified atom stereocenters. The molecule has 0 fully saturated rings. The summed E-state index contributed by atoms with van der Waals surface area (Å²) in [7, 11) is 0. The Bertz CT molecular complexity index is 1890. The van der Waals surface area contributed by atoms with Crippen molar-refractivity contribution in [2.45, 2.75) is 91.9 Å². The minimum absolute atomic E-state index is 0. The first-order valence-electron chi connectivity index (χ1n) is 18.3. The topological polar surface area (TPSA) is 0 Å². The number of halogens is 2. The first-order chi connectivity index (χ1) is 23.8. The van der Waals surface area contributed by atoms with Crippen LogP contribution < -0.4 is 24.8 Å². The third-order valence-corrected chi connectivity index (χ3v) is 11.6. The van der Waals surface area contributed by atoms with Gasteiger partial charge >= 0.3 is 112 Å². The molecule has 0 saturated heterocycles. The van der Waals surface area contributed by atoms with Gasteiger partial charge < -0.3 is 24.8 Å². The van der Waals surface area contributed by atoms with E-state index in [1.165, 1.54) is 72.4 Å². The summed E-state index contributed by atoms with van der Waals surface area (Å²) in [5, 5.41) is 0. The first-order valence-corrected chi connectivity index (χ1v) is 19.5. The molecule has 0 radical (unpaired) electrons. The van der Waals surface area contributed by atoms with Crippen LogP contribution in [-0.2, 0) is 54.3 Å². The monoisotopic (exact) mass is 800 g/mol. The number of hydrogen-bond donors (Lipinski definition) is 0. The summed E-state index contributed by atoms with van der Waals surface area (Å²) in [6.07, 6.45) is 18.9. The van der Waals surface area contributed by atoms with Crippen LogP contribution in [0.5, 0.6) is 0 Å². The van der Waals surface area contributed by atoms with Gasteiger partial charge in [-0.1, -0.05) is 75.8 Å². The fourth-order valence-corrected chi connectivity index (χ4v) is 8.68. The predicted molar refractivity (Wildman–Crippen MR) is 213 cm³/mol. The van der Waals surface area contributed by atoms with Crippen molar-refractivity contribution in [1.29, 1.82) is 0 Å². The van der Waals surface area contributed by atoms with Crippen LogP contribution in [0, 0.1) is 18.4 Å². The number of rotatable bonds is 4. The zero-order valence-electron chi connectivity index (χ0n) is 32.1. The molecule has 1 atom stereocenters. The van der Waals surface area contributed by atoms with E-state index in [0.29, 0.717) is 5.92 Å². The second kappa shape index (κ2) is 17.5. The molecular formula is C49H52Cl2Zr-2. The van der Waals surface area contributed by atoms with Gasteiger partial charge in [-0.2, -0.15) is 11.6 Å². The SMILES string of the molecule is CC1=CC(C)[C-]=C1.CC1=C[CH-]C(C)(C)c2cc3c(cc21)-c1cc2c(cc1C3)C(C)(C)CC=C2C.[Cl-].[Cl-].[Zr+2]=[C](Cc1ccccc1)Cc1ccccc1. The minimum atomic E-state index is 0. The van der Waals surface area contributed by atoms with Gasteiger partial charge in [0.1, 0.15) is 0 Å². The molecule has 268 valence electrons. The molecule has 8 rings (SSSR count). The van der Waals surface area contributed by atoms with Gasteiger partial charge in [0, 0.05) is 0 Å². The van der Waals surface area contributed by atoms with Crippen LogP contribution >= 0.6 is 0 Å². The van der Waals surface area contributed by atoms with Crippen molar-refractivity contribution >= 4 is 14.4 Å². The molecule has 0 spiro atoms. The first kappa shape index (κ1) is 41.8. The molecule has 0 heterocycles. The van der Waals surface area contributed by atoms with Crippen LogP contribution in [0.4, 0.5) is 0 Å². The molecule has 4 aromatic rings. The quantitative estimate of drug-likeness (QED) is 0.185. The molecule has 0 aliphatic heterocycles. The molecule has 0 N–H and O–H groups in total. The van der Waals surface area contributed by atoms with Crippen LogP contribution in [-0.4, -0.2) is 3.21 Å². The maximum atomic E-state index is 3.15. The Morgan fingerprint density at radius 2 is 1.25 bits per heavy atom. The van der Waals surface area contributed by atoms with Crippen molar-refractivity contribution in [3.05, 3.63) is 172 Å². The molecule has 4 aromatic carbocycles. The number of fused-ring (bicyclic) bond motifs is 5. The maximum absolute atomic E-state index is 3.15. The number of benzene rings is 4. The van der Waals surface area contributed by atoms with Crippen molar-refractivity contribution in [3.8, 4) is 11.1 Å². The van der Waals surface area contributed by atoms with Crippen LogP contribution in [0.2, 0.25) is 0 Å². The molecule has 0 bridgehead atoms. The summed E-state index contributed by atoms with van der Waals surface area (Å²) in [4.78, 5) is 0. The Balaban J connectivity index is 0.000000205. The molecule has 0 nitrogen and oxygen atoms in total. The number of hydrogen-bond acceptors (Lipinski definition) is 0. The van der Waals surface area contributed by atoms with Gasteiger partial charge in [-0.15, -0.1) is 19.4 Å². The van der Waals surface area contributed by atoms with Gasteiger partial charge in [-0.25, -0.2) is 24.1 Å². The zero-order valence-corrected chi connectivity index (χ0v) is 36.1. The molecule has 4 aliphatic rings. The molecule has 0 amide bonds. The zero-order chi connectivity index (χ0) is 35.6. The van der Waals surface area contributed by atoms with Crippen LogP contribution in [0.25, 0.3) is 22.3 Å². The van der Waals surface area contributed by atoms with E-state index in [-0.39, 0.29) is 35.6 Å². The Kier molecular flexibility index (Phi) is 14.0. The van der Waals surface area contributed by atoms with E-state index in [9.17, 15) is 0 Å². The average molecular weight is 803 g/mol. The summed E-state index contributed by atoms with van der Waals surface area (Å²) >= 11 is 1.55. The van der Waals surface area contributed by atoms with E-state index < -0.39 is 0 Å². The van der Waals surface area contributed by atoms with E-state index in [2.05, 4.69) is 171 Å². The van der Waals surface area contributed by atoms with Gasteiger partial charge in [-0.05, 0) is 70.2 Å². The second-order valence-corrected chi connectivity index (χ2v) is 17.7. The van der Waals surface area contributed by atoms with Gasteiger partial charge in [-0.3, -0.25) is 6.08 Å². The molecule has 0 aromatic heterocycles. The molecule has 3 heteroatoms. The molecule has 0 saturated carbocycles. The van der Waals surface area contributed by atoms with Crippen molar-refractivity contribution in [3.63, 3.8) is 0 Å². The van der Waals surface area contributed by atoms with E-state index >= 15 is 0 Å². The van der Waals surface area contributed by atoms with Gasteiger partial charge in [0.2, 0.25) is 0 Å². The van der Waals surface area contributed by atoms with Gasteiger partial charge in [0.15, 0.2) is 0 Å². The van der Waals surface area contributed by atoms with Crippen molar-refractivity contribution in [2.75, 3.05) is 0 Å². The summed E-state index contributed by atoms with van der Waals surface area (Å²) in [6.45, 7) is 18.2. The standard InChI is InChI=1S/C27H29.C15H14.C7H9.2ClH.Zr/c1-16-7-9-26(3,4)24-12-18-11-19-13-25-21(17(2)8-10-27(25,5)6)15-23(19)22(18)14-20(16)24;1-3-8-14(9-4-1)12-7-13-15-10-5-2-6-11-15;1-6-3-4-7(2)5-6;;;/h7-9,12-15H,10-11H2,1-6H3;1-6,8-11H,12-13H2;3,5,7H,1-2H3;2*1H;/q-1;;-1;;;+2/p-2. The van der Waals surface area contributed by atoms with Gasteiger partial charge in [0.05, 0.1) is 0 Å². The van der Waals surface area contributed by atoms with Crippen LogP contribution in [0.1, 0.15) is 106 Å². The fourth-order valence-electron chi connectivity index (χ4n) is 7.68. The summed E-state index contributed by atoms with van der Waals surface area (Å²) < 4.78 is 1.60. The Morgan fingerprint density at radius 3 is 1.73 bits per heavy atom. The Hall–Kier alpha value is -2.96. The molecular weight excluding hydrogens is 751 g/mol. The van der Waals surface area contributed by atoms with E-state index in [1.54, 1.807) is 27.4 Å². The number of allylic oxidation sites excluding steroid dienone is 8. The summed E-state index contributed by atoms with van der Waals surface area (Å²) in [5.74, 6) is 0.556. The summed E-state index contributed by atoms with van der Waals surface area (Å²) in [5.41, 5.74) is 19.2. The molecule has 52 heavy (non-hydrogen) atoms. The van der Waals surface area contributed by atoms with Crippen molar-refractivity contribution < 1.29 is 49.0 Å². The third-order valence-electron chi connectivity index (χ3n) is 10.7. The van der Waals surface area contributed by atoms with Crippen LogP contribution in [0.15, 0.2) is 115 Å². The average Bonchev–Trinajstić information content (AvgIpc) is 3.65. The summed E-state index contributed by atoms with van der Waals surface area (Å²) in [6, 6.07) is 31.4. The predicted octanol–water partition coefficient (Wildman–Crippen LogP) is 6.38. The van der Waals surface area contributed by atoms with Crippen LogP contribution in [0.3, 0.4) is 0 Å². The van der Waals surface area contributed by atoms with E-state index in [0.717, 1.165) is 25.7 Å². The molecule has 4 aliphatic carbocycles. The fraction of sp³-hybridized carbons (Fsp3) is 0.306.